The smallest absolute Gasteiger partial charge is 0.255 e. The quantitative estimate of drug-likeness (QED) is 0.803. The Morgan fingerprint density at radius 1 is 1.30 bits per heavy atom. The highest BCUT2D eigenvalue weighted by molar-refractivity contribution is 6.04. The first-order chi connectivity index (χ1) is 13.0. The summed E-state index contributed by atoms with van der Waals surface area (Å²) in [6, 6.07) is 9.82. The fraction of sp³-hybridized carbons (Fsp3) is 0.263. The minimum Gasteiger partial charge on any atom is -0.383 e. The van der Waals surface area contributed by atoms with Crippen molar-refractivity contribution >= 4 is 17.4 Å². The lowest BCUT2D eigenvalue weighted by molar-refractivity contribution is 0.0685. The maximum absolute atomic E-state index is 14.0. The third kappa shape index (κ3) is 2.97. The highest BCUT2D eigenvalue weighted by atomic mass is 19.1. The Labute approximate surface area is 155 Å². The number of aliphatic imine (C=N–C) groups is 1. The van der Waals surface area contributed by atoms with Crippen LogP contribution in [0.25, 0.3) is 0 Å². The largest absolute Gasteiger partial charge is 0.383 e. The Kier molecular flexibility index (Phi) is 4.00. The molecule has 1 spiro atoms. The Morgan fingerprint density at radius 3 is 2.74 bits per heavy atom. The van der Waals surface area contributed by atoms with Gasteiger partial charge in [0.05, 0.1) is 11.1 Å². The van der Waals surface area contributed by atoms with Crippen molar-refractivity contribution in [3.8, 4) is 6.07 Å². The van der Waals surface area contributed by atoms with Crippen LogP contribution in [0.1, 0.15) is 34.5 Å². The number of rotatable bonds is 1. The van der Waals surface area contributed by atoms with Crippen LogP contribution in [0.4, 0.5) is 10.1 Å². The average molecular weight is 364 g/mol. The van der Waals surface area contributed by atoms with E-state index in [1.807, 2.05) is 6.07 Å². The van der Waals surface area contributed by atoms with Crippen molar-refractivity contribution in [2.45, 2.75) is 18.5 Å². The molecule has 0 saturated carbocycles. The monoisotopic (exact) mass is 364 g/mol. The molecule has 3 heterocycles. The third-order valence-corrected chi connectivity index (χ3v) is 4.97. The van der Waals surface area contributed by atoms with Gasteiger partial charge in [-0.1, -0.05) is 6.07 Å². The van der Waals surface area contributed by atoms with Crippen molar-refractivity contribution in [1.82, 2.24) is 9.88 Å². The Balaban J connectivity index is 1.50. The summed E-state index contributed by atoms with van der Waals surface area (Å²) in [5.74, 6) is -0.365. The zero-order valence-corrected chi connectivity index (χ0v) is 14.4. The normalized spacial score (nSPS) is 17.5. The van der Waals surface area contributed by atoms with E-state index in [-0.39, 0.29) is 17.4 Å². The number of halogens is 1. The second kappa shape index (κ2) is 6.36. The van der Waals surface area contributed by atoms with Crippen molar-refractivity contribution in [3.63, 3.8) is 0 Å². The maximum Gasteiger partial charge on any atom is 0.255 e. The molecule has 1 fully saturated rings. The summed E-state index contributed by atoms with van der Waals surface area (Å²) in [7, 11) is 0. The maximum atomic E-state index is 14.0. The van der Waals surface area contributed by atoms with Gasteiger partial charge in [0.15, 0.2) is 0 Å². The summed E-state index contributed by atoms with van der Waals surface area (Å²) in [5.41, 5.74) is 7.02. The molecule has 2 aliphatic heterocycles. The number of hydrogen-bond donors (Lipinski definition) is 2. The van der Waals surface area contributed by atoms with Crippen LogP contribution >= 0.6 is 0 Å². The van der Waals surface area contributed by atoms with Crippen molar-refractivity contribution in [1.29, 1.82) is 5.26 Å². The standard InChI is InChI=1S/C19H17FN6O/c20-14-2-1-3-15-16(14)17(22)25-19(24-15)6-8-26(9-7-19)18(27)12-4-5-13(10-21)23-11-12/h1-5,11,24H,6-9H2,(H2,22,25). The summed E-state index contributed by atoms with van der Waals surface area (Å²) in [4.78, 5) is 22.8. The fourth-order valence-electron chi connectivity index (χ4n) is 3.54. The minimum absolute atomic E-state index is 0.138. The molecule has 3 N–H and O–H groups in total. The van der Waals surface area contributed by atoms with Gasteiger partial charge < -0.3 is 16.0 Å². The Bertz CT molecular complexity index is 971. The van der Waals surface area contributed by atoms with Gasteiger partial charge in [-0.3, -0.25) is 4.79 Å². The van der Waals surface area contributed by atoms with Gasteiger partial charge >= 0.3 is 0 Å². The number of amides is 1. The summed E-state index contributed by atoms with van der Waals surface area (Å²) in [6.45, 7) is 0.959. The highest BCUT2D eigenvalue weighted by Gasteiger charge is 2.39. The zero-order chi connectivity index (χ0) is 19.0. The first kappa shape index (κ1) is 17.0. The fourth-order valence-corrected chi connectivity index (χ4v) is 3.54. The number of benzene rings is 1. The molecule has 0 aliphatic carbocycles. The van der Waals surface area contributed by atoms with Gasteiger partial charge in [0.25, 0.3) is 5.91 Å². The Hall–Kier alpha value is -3.47. The summed E-state index contributed by atoms with van der Waals surface area (Å²) in [5, 5.41) is 12.1. The minimum atomic E-state index is -0.634. The van der Waals surface area contributed by atoms with Crippen LogP contribution in [0, 0.1) is 17.1 Å². The number of carbonyl (C=O) groups excluding carboxylic acids is 1. The second-order valence-corrected chi connectivity index (χ2v) is 6.65. The molecule has 1 amide bonds. The van der Waals surface area contributed by atoms with Crippen LogP contribution in [-0.2, 0) is 0 Å². The highest BCUT2D eigenvalue weighted by Crippen LogP contribution is 2.35. The van der Waals surface area contributed by atoms with Crippen LogP contribution in [0.2, 0.25) is 0 Å². The first-order valence-corrected chi connectivity index (χ1v) is 8.59. The SMILES string of the molecule is N#Cc1ccc(C(=O)N2CCC3(CC2)N=C(N)c2c(F)cccc2N3)cn1. The predicted molar refractivity (Wildman–Crippen MR) is 97.6 cm³/mol. The molecule has 1 aromatic carbocycles. The van der Waals surface area contributed by atoms with Gasteiger partial charge in [0, 0.05) is 37.8 Å². The van der Waals surface area contributed by atoms with E-state index >= 15 is 0 Å². The van der Waals surface area contributed by atoms with E-state index in [9.17, 15) is 9.18 Å². The number of nitriles is 1. The molecule has 0 atom stereocenters. The molecule has 136 valence electrons. The van der Waals surface area contributed by atoms with Crippen molar-refractivity contribution < 1.29 is 9.18 Å². The number of nitrogens with two attached hydrogens (primary N) is 1. The Morgan fingerprint density at radius 2 is 2.07 bits per heavy atom. The molecule has 2 aliphatic rings. The van der Waals surface area contributed by atoms with Crippen LogP contribution in [0.5, 0.6) is 0 Å². The predicted octanol–water partition coefficient (Wildman–Crippen LogP) is 1.86. The number of hydrogen-bond acceptors (Lipinski definition) is 6. The molecule has 27 heavy (non-hydrogen) atoms. The van der Waals surface area contributed by atoms with E-state index in [0.29, 0.717) is 42.7 Å². The number of piperidine rings is 1. The van der Waals surface area contributed by atoms with E-state index in [0.717, 1.165) is 0 Å². The van der Waals surface area contributed by atoms with Gasteiger partial charge in [-0.15, -0.1) is 0 Å². The third-order valence-electron chi connectivity index (χ3n) is 4.97. The number of nitrogens with one attached hydrogen (secondary N) is 1. The topological polar surface area (TPSA) is 107 Å². The number of aromatic nitrogens is 1. The van der Waals surface area contributed by atoms with E-state index < -0.39 is 11.5 Å². The number of carbonyl (C=O) groups is 1. The molecule has 0 radical (unpaired) electrons. The lowest BCUT2D eigenvalue weighted by atomic mass is 9.93. The van der Waals surface area contributed by atoms with E-state index in [1.54, 1.807) is 23.1 Å². The molecule has 7 nitrogen and oxygen atoms in total. The van der Waals surface area contributed by atoms with Crippen LogP contribution < -0.4 is 11.1 Å². The van der Waals surface area contributed by atoms with E-state index in [2.05, 4.69) is 15.3 Å². The van der Waals surface area contributed by atoms with Gasteiger partial charge in [0.2, 0.25) is 0 Å². The van der Waals surface area contributed by atoms with Gasteiger partial charge in [-0.2, -0.15) is 5.26 Å². The first-order valence-electron chi connectivity index (χ1n) is 8.59. The van der Waals surface area contributed by atoms with E-state index in [1.165, 1.54) is 18.3 Å². The molecule has 0 bridgehead atoms. The van der Waals surface area contributed by atoms with Crippen molar-refractivity contribution in [3.05, 3.63) is 59.2 Å². The van der Waals surface area contributed by atoms with Crippen LogP contribution in [-0.4, -0.2) is 40.4 Å². The molecule has 1 saturated heterocycles. The molecule has 4 rings (SSSR count). The van der Waals surface area contributed by atoms with Crippen molar-refractivity contribution in [2.75, 3.05) is 18.4 Å². The lowest BCUT2D eigenvalue weighted by Crippen LogP contribution is -2.52. The zero-order valence-electron chi connectivity index (χ0n) is 14.4. The second-order valence-electron chi connectivity index (χ2n) is 6.65. The van der Waals surface area contributed by atoms with Gasteiger partial charge in [-0.25, -0.2) is 14.4 Å². The number of fused-ring (bicyclic) bond motifs is 1. The molecule has 8 heteroatoms. The average Bonchev–Trinajstić information content (AvgIpc) is 2.68. The molecular weight excluding hydrogens is 347 g/mol. The summed E-state index contributed by atoms with van der Waals surface area (Å²) in [6.07, 6.45) is 2.53. The van der Waals surface area contributed by atoms with E-state index in [4.69, 9.17) is 11.0 Å². The number of nitrogens with zero attached hydrogens (tertiary/aromatic N) is 4. The summed E-state index contributed by atoms with van der Waals surface area (Å²) >= 11 is 0. The summed E-state index contributed by atoms with van der Waals surface area (Å²) < 4.78 is 14.0. The van der Waals surface area contributed by atoms with Gasteiger partial charge in [-0.05, 0) is 24.3 Å². The van der Waals surface area contributed by atoms with Crippen LogP contribution in [0.15, 0.2) is 41.5 Å². The number of likely N-dealkylation sites (tertiary alicyclic amines) is 1. The molecule has 0 unspecified atom stereocenters. The molecule has 1 aromatic heterocycles. The van der Waals surface area contributed by atoms with Crippen molar-refractivity contribution in [2.24, 2.45) is 10.7 Å². The van der Waals surface area contributed by atoms with Gasteiger partial charge in [0.1, 0.15) is 29.1 Å². The lowest BCUT2D eigenvalue weighted by Gasteiger charge is -2.42. The number of anilines is 1. The molecule has 2 aromatic rings. The number of pyridine rings is 1. The van der Waals surface area contributed by atoms with Crippen LogP contribution in [0.3, 0.4) is 0 Å². The molecular formula is C19H17FN6O. The number of amidine groups is 1.